The lowest BCUT2D eigenvalue weighted by Crippen LogP contribution is -1.99. The van der Waals surface area contributed by atoms with Crippen LogP contribution < -0.4 is 0 Å². The first-order chi connectivity index (χ1) is 9.08. The van der Waals surface area contributed by atoms with Gasteiger partial charge in [0.1, 0.15) is 0 Å². The van der Waals surface area contributed by atoms with E-state index in [9.17, 15) is 4.79 Å². The molecule has 96 valence electrons. The van der Waals surface area contributed by atoms with Crippen LogP contribution in [0.15, 0.2) is 38.0 Å². The number of thiophene rings is 1. The summed E-state index contributed by atoms with van der Waals surface area (Å²) in [6, 6.07) is 7.35. The summed E-state index contributed by atoms with van der Waals surface area (Å²) in [7, 11) is 0. The fraction of sp³-hybridized carbons (Fsp3) is 0. The van der Waals surface area contributed by atoms with Gasteiger partial charge in [0, 0.05) is 28.2 Å². The molecule has 1 N–H and O–H groups in total. The van der Waals surface area contributed by atoms with E-state index >= 15 is 0 Å². The molecule has 2 nitrogen and oxygen atoms in total. The van der Waals surface area contributed by atoms with Gasteiger partial charge in [0.15, 0.2) is 5.78 Å². The molecule has 0 saturated heterocycles. The van der Waals surface area contributed by atoms with Crippen molar-refractivity contribution < 1.29 is 4.79 Å². The van der Waals surface area contributed by atoms with Crippen molar-refractivity contribution in [3.63, 3.8) is 0 Å². The summed E-state index contributed by atoms with van der Waals surface area (Å²) in [6.45, 7) is 0. The number of carbonyl (C=O) groups excluding carboxylic acids is 1. The molecule has 1 aromatic carbocycles. The zero-order valence-corrected chi connectivity index (χ0v) is 14.1. The van der Waals surface area contributed by atoms with Crippen LogP contribution in [0.3, 0.4) is 0 Å². The van der Waals surface area contributed by atoms with Crippen LogP contribution in [0.1, 0.15) is 15.9 Å². The molecule has 0 unspecified atom stereocenters. The zero-order chi connectivity index (χ0) is 13.6. The Morgan fingerprint density at radius 1 is 1.26 bits per heavy atom. The Balaban J connectivity index is 2.20. The number of fused-ring (bicyclic) bond motifs is 1. The molecule has 0 bridgehead atoms. The van der Waals surface area contributed by atoms with Gasteiger partial charge in [0.2, 0.25) is 0 Å². The molecule has 3 aromatic rings. The van der Waals surface area contributed by atoms with Gasteiger partial charge in [-0.05, 0) is 50.1 Å². The molecule has 3 rings (SSSR count). The van der Waals surface area contributed by atoms with Crippen LogP contribution in [0.2, 0.25) is 5.02 Å². The minimum absolute atomic E-state index is 0.0480. The lowest BCUT2D eigenvalue weighted by atomic mass is 10.1. The molecule has 0 aliphatic carbocycles. The van der Waals surface area contributed by atoms with Crippen LogP contribution in [0.5, 0.6) is 0 Å². The lowest BCUT2D eigenvalue weighted by Gasteiger charge is -1.99. The third-order valence-corrected chi connectivity index (χ3v) is 5.46. The second kappa shape index (κ2) is 5.05. The Morgan fingerprint density at radius 3 is 2.74 bits per heavy atom. The van der Waals surface area contributed by atoms with Crippen LogP contribution in [0.4, 0.5) is 0 Å². The number of benzene rings is 1. The van der Waals surface area contributed by atoms with E-state index in [0.29, 0.717) is 16.1 Å². The number of aromatic amines is 1. The number of hydrogen-bond donors (Lipinski definition) is 1. The molecule has 0 atom stereocenters. The maximum atomic E-state index is 12.6. The maximum absolute atomic E-state index is 12.6. The number of carbonyl (C=O) groups is 1. The van der Waals surface area contributed by atoms with Crippen LogP contribution in [0, 0.1) is 0 Å². The molecule has 0 aliphatic rings. The topological polar surface area (TPSA) is 32.9 Å². The minimum atomic E-state index is -0.0480. The first-order valence-electron chi connectivity index (χ1n) is 5.33. The number of ketones is 1. The molecule has 2 aromatic heterocycles. The Kier molecular flexibility index (Phi) is 3.55. The average molecular weight is 420 g/mol. The van der Waals surface area contributed by atoms with Gasteiger partial charge in [-0.15, -0.1) is 11.3 Å². The van der Waals surface area contributed by atoms with E-state index in [1.807, 2.05) is 18.2 Å². The highest BCUT2D eigenvalue weighted by Gasteiger charge is 2.20. The van der Waals surface area contributed by atoms with Crippen molar-refractivity contribution in [2.75, 3.05) is 0 Å². The SMILES string of the molecule is O=C(c1cc(Br)sc1Br)c1c[nH]c2cccc(Cl)c12. The van der Waals surface area contributed by atoms with Crippen LogP contribution in [-0.4, -0.2) is 10.8 Å². The van der Waals surface area contributed by atoms with Crippen molar-refractivity contribution in [2.45, 2.75) is 0 Å². The highest BCUT2D eigenvalue weighted by molar-refractivity contribution is 9.12. The predicted molar refractivity (Wildman–Crippen MR) is 86.5 cm³/mol. The molecule has 6 heteroatoms. The normalized spacial score (nSPS) is 11.1. The molecule has 0 spiro atoms. The van der Waals surface area contributed by atoms with Gasteiger partial charge in [0.25, 0.3) is 0 Å². The Hall–Kier alpha value is -0.620. The molecule has 19 heavy (non-hydrogen) atoms. The second-order valence-corrected chi connectivity index (χ2v) is 8.09. The summed E-state index contributed by atoms with van der Waals surface area (Å²) in [5, 5.41) is 1.34. The molecule has 0 fully saturated rings. The molecular weight excluding hydrogens is 413 g/mol. The van der Waals surface area contributed by atoms with E-state index in [0.717, 1.165) is 18.5 Å². The van der Waals surface area contributed by atoms with E-state index < -0.39 is 0 Å². The first-order valence-corrected chi connectivity index (χ1v) is 8.11. The van der Waals surface area contributed by atoms with Gasteiger partial charge in [0.05, 0.1) is 12.6 Å². The van der Waals surface area contributed by atoms with Crippen molar-refractivity contribution in [2.24, 2.45) is 0 Å². The summed E-state index contributed by atoms with van der Waals surface area (Å²) in [5.74, 6) is -0.0480. The second-order valence-electron chi connectivity index (χ2n) is 3.93. The Bertz CT molecular complexity index is 793. The van der Waals surface area contributed by atoms with E-state index in [1.165, 1.54) is 11.3 Å². The number of aromatic nitrogens is 1. The van der Waals surface area contributed by atoms with Crippen molar-refractivity contribution >= 4 is 71.5 Å². The monoisotopic (exact) mass is 417 g/mol. The van der Waals surface area contributed by atoms with Gasteiger partial charge in [-0.3, -0.25) is 4.79 Å². The molecule has 2 heterocycles. The predicted octanol–water partition coefficient (Wildman–Crippen LogP) is 5.64. The number of nitrogens with one attached hydrogen (secondary N) is 1. The highest BCUT2D eigenvalue weighted by Crippen LogP contribution is 2.35. The first kappa shape index (κ1) is 13.4. The average Bonchev–Trinajstić information content (AvgIpc) is 2.93. The van der Waals surface area contributed by atoms with Gasteiger partial charge in [-0.25, -0.2) is 0 Å². The van der Waals surface area contributed by atoms with E-state index in [4.69, 9.17) is 11.6 Å². The third kappa shape index (κ3) is 2.29. The molecular formula is C13H6Br2ClNOS. The van der Waals surface area contributed by atoms with Crippen molar-refractivity contribution in [3.8, 4) is 0 Å². The highest BCUT2D eigenvalue weighted by atomic mass is 79.9. The number of hydrogen-bond acceptors (Lipinski definition) is 2. The minimum Gasteiger partial charge on any atom is -0.360 e. The summed E-state index contributed by atoms with van der Waals surface area (Å²) in [6.07, 6.45) is 1.71. The van der Waals surface area contributed by atoms with Gasteiger partial charge < -0.3 is 4.98 Å². The Labute approximate surface area is 135 Å². The van der Waals surface area contributed by atoms with Gasteiger partial charge in [-0.1, -0.05) is 17.7 Å². The van der Waals surface area contributed by atoms with Crippen molar-refractivity contribution in [1.29, 1.82) is 0 Å². The third-order valence-electron chi connectivity index (χ3n) is 2.80. The molecule has 0 radical (unpaired) electrons. The summed E-state index contributed by atoms with van der Waals surface area (Å²) < 4.78 is 1.72. The molecule has 0 aliphatic heterocycles. The molecule has 0 amide bonds. The van der Waals surface area contributed by atoms with E-state index in [1.54, 1.807) is 12.3 Å². The summed E-state index contributed by atoms with van der Waals surface area (Å²) in [4.78, 5) is 15.7. The quantitative estimate of drug-likeness (QED) is 0.536. The summed E-state index contributed by atoms with van der Waals surface area (Å²) in [5.41, 5.74) is 2.09. The number of H-pyrrole nitrogens is 1. The van der Waals surface area contributed by atoms with E-state index in [-0.39, 0.29) is 5.78 Å². The standard InChI is InChI=1S/C13H6Br2ClNOS/c14-10-4-6(13(15)19-10)12(18)7-5-17-9-3-1-2-8(16)11(7)9/h1-5,17H. The van der Waals surface area contributed by atoms with Crippen molar-refractivity contribution in [1.82, 2.24) is 4.98 Å². The summed E-state index contributed by atoms with van der Waals surface area (Å²) >= 11 is 14.5. The van der Waals surface area contributed by atoms with E-state index in [2.05, 4.69) is 36.8 Å². The van der Waals surface area contributed by atoms with Crippen LogP contribution in [0.25, 0.3) is 10.9 Å². The number of halogens is 3. The fourth-order valence-electron chi connectivity index (χ4n) is 1.96. The molecule has 0 saturated carbocycles. The largest absolute Gasteiger partial charge is 0.360 e. The lowest BCUT2D eigenvalue weighted by molar-refractivity contribution is 0.104. The van der Waals surface area contributed by atoms with Crippen LogP contribution in [-0.2, 0) is 0 Å². The fourth-order valence-corrected chi connectivity index (χ4v) is 5.03. The van der Waals surface area contributed by atoms with Crippen LogP contribution >= 0.6 is 54.8 Å². The smallest absolute Gasteiger partial charge is 0.197 e. The number of rotatable bonds is 2. The van der Waals surface area contributed by atoms with Gasteiger partial charge >= 0.3 is 0 Å². The zero-order valence-electron chi connectivity index (χ0n) is 9.34. The Morgan fingerprint density at radius 2 is 2.05 bits per heavy atom. The van der Waals surface area contributed by atoms with Gasteiger partial charge in [-0.2, -0.15) is 0 Å². The maximum Gasteiger partial charge on any atom is 0.197 e. The van der Waals surface area contributed by atoms with Crippen molar-refractivity contribution in [3.05, 3.63) is 54.2 Å².